The van der Waals surface area contributed by atoms with Crippen LogP contribution in [0.1, 0.15) is 26.2 Å². The molecule has 1 aromatic carbocycles. The van der Waals surface area contributed by atoms with Gasteiger partial charge in [-0.2, -0.15) is 0 Å². The quantitative estimate of drug-likeness (QED) is 0.801. The highest BCUT2D eigenvalue weighted by Gasteiger charge is 2.57. The van der Waals surface area contributed by atoms with Crippen molar-refractivity contribution in [2.75, 3.05) is 23.7 Å². The molecule has 1 aliphatic carbocycles. The zero-order chi connectivity index (χ0) is 15.7. The van der Waals surface area contributed by atoms with Crippen LogP contribution in [0.15, 0.2) is 18.2 Å². The highest BCUT2D eigenvalue weighted by molar-refractivity contribution is 6.31. The molecule has 1 saturated carbocycles. The molecular weight excluding hydrogens is 302 g/mol. The summed E-state index contributed by atoms with van der Waals surface area (Å²) in [6.45, 7) is 3.40. The molecule has 0 radical (unpaired) electrons. The normalized spacial score (nSPS) is 22.2. The lowest BCUT2D eigenvalue weighted by Crippen LogP contribution is -2.31. The van der Waals surface area contributed by atoms with E-state index in [4.69, 9.17) is 11.6 Å². The molecule has 2 amide bonds. The van der Waals surface area contributed by atoms with Crippen LogP contribution in [0.2, 0.25) is 5.02 Å². The Morgan fingerprint density at radius 1 is 1.23 bits per heavy atom. The predicted molar refractivity (Wildman–Crippen MR) is 87.0 cm³/mol. The lowest BCUT2D eigenvalue weighted by molar-refractivity contribution is -0.118. The first kappa shape index (κ1) is 15.3. The van der Waals surface area contributed by atoms with Crippen LogP contribution in [0.3, 0.4) is 0 Å². The third-order valence-corrected chi connectivity index (χ3v) is 4.89. The molecule has 22 heavy (non-hydrogen) atoms. The van der Waals surface area contributed by atoms with E-state index >= 15 is 0 Å². The summed E-state index contributed by atoms with van der Waals surface area (Å²) in [7, 11) is 0. The summed E-state index contributed by atoms with van der Waals surface area (Å²) in [6, 6.07) is 5.06. The zero-order valence-electron chi connectivity index (χ0n) is 12.5. The zero-order valence-corrected chi connectivity index (χ0v) is 13.3. The van der Waals surface area contributed by atoms with Gasteiger partial charge in [0.2, 0.25) is 11.8 Å². The fraction of sp³-hybridized carbons (Fsp3) is 0.500. The number of hydrogen-bond acceptors (Lipinski definition) is 3. The largest absolute Gasteiger partial charge is 0.325 e. The van der Waals surface area contributed by atoms with Crippen LogP contribution in [-0.4, -0.2) is 24.9 Å². The highest BCUT2D eigenvalue weighted by atomic mass is 35.5. The number of benzene rings is 1. The first-order chi connectivity index (χ1) is 10.5. The van der Waals surface area contributed by atoms with Gasteiger partial charge in [0, 0.05) is 17.9 Å². The third-order valence-electron chi connectivity index (χ3n) is 4.66. The van der Waals surface area contributed by atoms with Crippen molar-refractivity contribution in [3.05, 3.63) is 23.2 Å². The summed E-state index contributed by atoms with van der Waals surface area (Å²) >= 11 is 6.00. The molecule has 1 unspecified atom stereocenters. The average molecular weight is 322 g/mol. The number of carbonyl (C=O) groups is 2. The van der Waals surface area contributed by atoms with Crippen LogP contribution in [0.5, 0.6) is 0 Å². The number of carbonyl (C=O) groups excluding carboxylic acids is 2. The van der Waals surface area contributed by atoms with Crippen molar-refractivity contribution in [2.24, 2.45) is 11.3 Å². The first-order valence-electron chi connectivity index (χ1n) is 7.59. The molecule has 2 fully saturated rings. The van der Waals surface area contributed by atoms with E-state index in [1.165, 1.54) is 6.92 Å². The van der Waals surface area contributed by atoms with Crippen molar-refractivity contribution in [2.45, 2.75) is 26.2 Å². The number of amides is 2. The lowest BCUT2D eigenvalue weighted by atomic mass is 9.92. The number of rotatable bonds is 3. The summed E-state index contributed by atoms with van der Waals surface area (Å²) in [5.74, 6) is -0.0893. The molecule has 1 aliphatic heterocycles. The molecule has 1 aromatic rings. The molecule has 1 saturated heterocycles. The first-order valence-corrected chi connectivity index (χ1v) is 7.97. The minimum Gasteiger partial charge on any atom is -0.325 e. The molecule has 1 atom stereocenters. The van der Waals surface area contributed by atoms with E-state index in [0.29, 0.717) is 16.4 Å². The van der Waals surface area contributed by atoms with Gasteiger partial charge in [0.1, 0.15) is 0 Å². The smallest absolute Gasteiger partial charge is 0.228 e. The molecule has 2 aliphatic rings. The van der Waals surface area contributed by atoms with Gasteiger partial charge in [0.25, 0.3) is 0 Å². The Balaban J connectivity index is 1.71. The van der Waals surface area contributed by atoms with Crippen LogP contribution in [-0.2, 0) is 9.59 Å². The van der Waals surface area contributed by atoms with Crippen molar-refractivity contribution < 1.29 is 9.59 Å². The number of halogens is 1. The Bertz CT molecular complexity index is 611. The Kier molecular flexibility index (Phi) is 4.10. The van der Waals surface area contributed by atoms with E-state index in [9.17, 15) is 9.59 Å². The van der Waals surface area contributed by atoms with E-state index in [0.717, 1.165) is 32.4 Å². The van der Waals surface area contributed by atoms with Crippen molar-refractivity contribution in [3.63, 3.8) is 0 Å². The van der Waals surface area contributed by atoms with E-state index in [-0.39, 0.29) is 23.1 Å². The van der Waals surface area contributed by atoms with Crippen molar-refractivity contribution in [1.29, 1.82) is 0 Å². The van der Waals surface area contributed by atoms with Gasteiger partial charge in [-0.25, -0.2) is 0 Å². The second-order valence-corrected chi connectivity index (χ2v) is 6.67. The van der Waals surface area contributed by atoms with E-state index in [2.05, 4.69) is 16.0 Å². The minimum atomic E-state index is -0.181. The number of piperidine rings is 1. The standard InChI is InChI=1S/C16H20ClN3O2/c1-10(21)19-13-3-2-11(17)8-14(13)20-15(22)12-9-16(12)4-6-18-7-5-16/h2-3,8,12,18H,4-7,9H2,1H3,(H,19,21)(H,20,22). The number of nitrogens with one attached hydrogen (secondary N) is 3. The van der Waals surface area contributed by atoms with Gasteiger partial charge in [0.05, 0.1) is 11.4 Å². The average Bonchev–Trinajstić information content (AvgIpc) is 3.16. The molecule has 0 aromatic heterocycles. The molecule has 1 heterocycles. The fourth-order valence-corrected chi connectivity index (χ4v) is 3.51. The topological polar surface area (TPSA) is 70.2 Å². The van der Waals surface area contributed by atoms with Crippen LogP contribution in [0.4, 0.5) is 11.4 Å². The van der Waals surface area contributed by atoms with Gasteiger partial charge >= 0.3 is 0 Å². The Morgan fingerprint density at radius 3 is 2.64 bits per heavy atom. The van der Waals surface area contributed by atoms with Gasteiger partial charge in [-0.3, -0.25) is 9.59 Å². The van der Waals surface area contributed by atoms with Crippen LogP contribution in [0.25, 0.3) is 0 Å². The second kappa shape index (κ2) is 5.89. The number of anilines is 2. The fourth-order valence-electron chi connectivity index (χ4n) is 3.33. The van der Waals surface area contributed by atoms with Crippen molar-refractivity contribution >= 4 is 34.8 Å². The Morgan fingerprint density at radius 2 is 1.95 bits per heavy atom. The van der Waals surface area contributed by atoms with Crippen LogP contribution < -0.4 is 16.0 Å². The molecule has 6 heteroatoms. The Labute approximate surface area is 134 Å². The van der Waals surface area contributed by atoms with Crippen molar-refractivity contribution in [1.82, 2.24) is 5.32 Å². The summed E-state index contributed by atoms with van der Waals surface area (Å²) < 4.78 is 0. The third kappa shape index (κ3) is 3.10. The number of hydrogen-bond donors (Lipinski definition) is 3. The Hall–Kier alpha value is -1.59. The van der Waals surface area contributed by atoms with Crippen LogP contribution >= 0.6 is 11.6 Å². The summed E-state index contributed by atoms with van der Waals surface area (Å²) in [5.41, 5.74) is 1.32. The second-order valence-electron chi connectivity index (χ2n) is 6.23. The lowest BCUT2D eigenvalue weighted by Gasteiger charge is -2.23. The minimum absolute atomic E-state index is 0.0239. The maximum atomic E-state index is 12.5. The van der Waals surface area contributed by atoms with Gasteiger partial charge in [-0.05, 0) is 56.0 Å². The molecule has 118 valence electrons. The highest BCUT2D eigenvalue weighted by Crippen LogP contribution is 2.58. The van der Waals surface area contributed by atoms with Gasteiger partial charge in [-0.15, -0.1) is 0 Å². The monoisotopic (exact) mass is 321 g/mol. The maximum Gasteiger partial charge on any atom is 0.228 e. The molecule has 0 bridgehead atoms. The van der Waals surface area contributed by atoms with E-state index < -0.39 is 0 Å². The molecule has 1 spiro atoms. The van der Waals surface area contributed by atoms with Gasteiger partial charge in [-0.1, -0.05) is 11.6 Å². The summed E-state index contributed by atoms with van der Waals surface area (Å²) in [6.07, 6.45) is 3.06. The molecule has 3 rings (SSSR count). The molecule has 3 N–H and O–H groups in total. The molecular formula is C16H20ClN3O2. The van der Waals surface area contributed by atoms with Crippen LogP contribution in [0, 0.1) is 11.3 Å². The van der Waals surface area contributed by atoms with Crippen molar-refractivity contribution in [3.8, 4) is 0 Å². The predicted octanol–water partition coefficient (Wildman–Crippen LogP) is 2.63. The summed E-state index contributed by atoms with van der Waals surface area (Å²) in [4.78, 5) is 23.8. The maximum absolute atomic E-state index is 12.5. The molecule has 5 nitrogen and oxygen atoms in total. The van der Waals surface area contributed by atoms with E-state index in [1.54, 1.807) is 18.2 Å². The van der Waals surface area contributed by atoms with E-state index in [1.807, 2.05) is 0 Å². The summed E-state index contributed by atoms with van der Waals surface area (Å²) in [5, 5.41) is 9.50. The van der Waals surface area contributed by atoms with Gasteiger partial charge in [0.15, 0.2) is 0 Å². The SMILES string of the molecule is CC(=O)Nc1ccc(Cl)cc1NC(=O)C1CC12CCNCC2. The van der Waals surface area contributed by atoms with Gasteiger partial charge < -0.3 is 16.0 Å².